The average molecular weight is 144 g/mol. The molecule has 0 aliphatic carbocycles. The van der Waals surface area contributed by atoms with E-state index in [4.69, 9.17) is 23.9 Å². The fraction of sp³-hybridized carbons (Fsp3) is 0. The van der Waals surface area contributed by atoms with Gasteiger partial charge in [0.25, 0.3) is 0 Å². The van der Waals surface area contributed by atoms with Gasteiger partial charge in [0.2, 0.25) is 0 Å². The van der Waals surface area contributed by atoms with Crippen molar-refractivity contribution in [3.05, 3.63) is 0 Å². The van der Waals surface area contributed by atoms with Crippen LogP contribution in [0.4, 0.5) is 4.79 Å². The number of carbonyl (C=O) groups is 1. The molecule has 0 radical (unpaired) electrons. The first-order chi connectivity index (χ1) is 3.15. The van der Waals surface area contributed by atoms with Crippen molar-refractivity contribution in [2.75, 3.05) is 0 Å². The van der Waals surface area contributed by atoms with Crippen LogP contribution in [0.15, 0.2) is 0 Å². The molecule has 0 aliphatic heterocycles. The molecule has 0 saturated heterocycles. The number of carbonyl (C=O) groups excluding carboxylic acids is 1. The molecule has 0 aromatic rings. The molecular formula is CMgO5Si. The summed E-state index contributed by atoms with van der Waals surface area (Å²) in [5.41, 5.74) is 0. The summed E-state index contributed by atoms with van der Waals surface area (Å²) in [5, 5.41) is 16.7. The first-order valence-electron chi connectivity index (χ1n) is 1.02. The largest absolute Gasteiger partial charge is 2.00 e. The van der Waals surface area contributed by atoms with Crippen molar-refractivity contribution in [1.82, 2.24) is 0 Å². The fourth-order valence-electron chi connectivity index (χ4n) is 0. The van der Waals surface area contributed by atoms with Crippen LogP contribution in [0, 0.1) is 0 Å². The molecular weight excluding hydrogens is 144 g/mol. The maximum atomic E-state index is 8.40. The van der Waals surface area contributed by atoms with Gasteiger partial charge in [-0.2, -0.15) is 0 Å². The molecule has 0 rings (SSSR count). The van der Waals surface area contributed by atoms with Crippen molar-refractivity contribution in [2.24, 2.45) is 0 Å². The van der Waals surface area contributed by atoms with Crippen molar-refractivity contribution in [1.29, 1.82) is 0 Å². The summed E-state index contributed by atoms with van der Waals surface area (Å²) in [6.07, 6.45) is -2.33. The summed E-state index contributed by atoms with van der Waals surface area (Å²) < 4.78 is 16.8. The van der Waals surface area contributed by atoms with Crippen LogP contribution < -0.4 is 10.2 Å². The topological polar surface area (TPSA) is 97.3 Å². The Hall–Kier alpha value is -0.147. The molecule has 0 spiro atoms. The number of rotatable bonds is 0. The van der Waals surface area contributed by atoms with E-state index >= 15 is 0 Å². The molecule has 40 valence electrons. The Morgan fingerprint density at radius 3 is 1.25 bits per heavy atom. The van der Waals surface area contributed by atoms with Gasteiger partial charge in [0, 0.05) is 0 Å². The van der Waals surface area contributed by atoms with Crippen LogP contribution in [0.5, 0.6) is 0 Å². The van der Waals surface area contributed by atoms with Crippen LogP contribution in [0.25, 0.3) is 0 Å². The van der Waals surface area contributed by atoms with Gasteiger partial charge in [-0.05, 0) is 6.16 Å². The molecule has 5 nitrogen and oxygen atoms in total. The average Bonchev–Trinajstić information content (AvgIpc) is 1.33. The minimum Gasteiger partial charge on any atom is -0.652 e. The zero-order chi connectivity index (χ0) is 6.28. The molecule has 0 atom stereocenters. The van der Waals surface area contributed by atoms with Gasteiger partial charge in [0.1, 0.15) is 0 Å². The van der Waals surface area contributed by atoms with Crippen LogP contribution >= 0.6 is 0 Å². The van der Waals surface area contributed by atoms with Gasteiger partial charge in [0.15, 0.2) is 0 Å². The summed E-state index contributed by atoms with van der Waals surface area (Å²) in [7, 11) is -1.42. The summed E-state index contributed by atoms with van der Waals surface area (Å²) in [6.45, 7) is 0. The fourth-order valence-corrected chi connectivity index (χ4v) is 0. The van der Waals surface area contributed by atoms with Gasteiger partial charge < -0.3 is 15.0 Å². The number of hydrogen-bond donors (Lipinski definition) is 0. The molecule has 0 fully saturated rings. The first-order valence-corrected chi connectivity index (χ1v) is 1.84. The van der Waals surface area contributed by atoms with E-state index in [1.807, 2.05) is 0 Å². The quantitative estimate of drug-likeness (QED) is 0.329. The Morgan fingerprint density at radius 2 is 1.25 bits per heavy atom. The Bertz CT molecular complexity index is 80.4. The van der Waals surface area contributed by atoms with Crippen LogP contribution in [0.2, 0.25) is 0 Å². The molecule has 0 aromatic carbocycles. The first kappa shape index (κ1) is 15.7. The predicted octanol–water partition coefficient (Wildman–Crippen LogP) is -3.45. The third-order valence-electron chi connectivity index (χ3n) is 0. The predicted molar refractivity (Wildman–Crippen MR) is 18.3 cm³/mol. The van der Waals surface area contributed by atoms with Gasteiger partial charge in [-0.15, -0.1) is 0 Å². The summed E-state index contributed by atoms with van der Waals surface area (Å²) in [5.74, 6) is 0. The minimum absolute atomic E-state index is 0. The van der Waals surface area contributed by atoms with Gasteiger partial charge in [0.05, 0.1) is 0 Å². The normalized spacial score (nSPS) is 4.00. The van der Waals surface area contributed by atoms with Crippen molar-refractivity contribution in [3.8, 4) is 0 Å². The number of carboxylic acid groups (broad SMARTS) is 2. The van der Waals surface area contributed by atoms with Crippen LogP contribution in [-0.2, 0) is 8.92 Å². The zero-order valence-electron chi connectivity index (χ0n) is 3.75. The van der Waals surface area contributed by atoms with Gasteiger partial charge in [-0.25, -0.2) is 0 Å². The maximum absolute atomic E-state index is 8.40. The molecule has 0 aromatic heterocycles. The van der Waals surface area contributed by atoms with Gasteiger partial charge >= 0.3 is 32.3 Å². The van der Waals surface area contributed by atoms with E-state index in [0.29, 0.717) is 0 Å². The van der Waals surface area contributed by atoms with Crippen LogP contribution in [-0.4, -0.2) is 38.5 Å². The smallest absolute Gasteiger partial charge is 0.652 e. The van der Waals surface area contributed by atoms with Crippen molar-refractivity contribution in [2.45, 2.75) is 0 Å². The Balaban J connectivity index is -0.0000000575. The minimum atomic E-state index is -2.33. The summed E-state index contributed by atoms with van der Waals surface area (Å²) in [4.78, 5) is 8.33. The van der Waals surface area contributed by atoms with Crippen molar-refractivity contribution in [3.63, 3.8) is 0 Å². The van der Waals surface area contributed by atoms with E-state index in [-0.39, 0.29) is 23.1 Å². The molecule has 0 amide bonds. The Morgan fingerprint density at radius 1 is 1.25 bits per heavy atom. The van der Waals surface area contributed by atoms with Crippen molar-refractivity contribution >= 4 is 38.5 Å². The summed E-state index contributed by atoms with van der Waals surface area (Å²) >= 11 is 0. The zero-order valence-corrected chi connectivity index (χ0v) is 6.16. The van der Waals surface area contributed by atoms with E-state index in [1.165, 1.54) is 0 Å². The second kappa shape index (κ2) is 15.8. The second-order valence-electron chi connectivity index (χ2n) is 0.333. The van der Waals surface area contributed by atoms with Gasteiger partial charge in [-0.3, -0.25) is 8.92 Å². The second-order valence-corrected chi connectivity index (χ2v) is 0.500. The van der Waals surface area contributed by atoms with E-state index in [0.717, 1.165) is 0 Å². The molecule has 0 bridgehead atoms. The Labute approximate surface area is 62.8 Å². The Kier molecular flexibility index (Phi) is 31.0. The van der Waals surface area contributed by atoms with E-state index in [1.54, 1.807) is 0 Å². The maximum Gasteiger partial charge on any atom is 2.00 e. The monoisotopic (exact) mass is 144 g/mol. The molecule has 0 heterocycles. The van der Waals surface area contributed by atoms with Gasteiger partial charge in [-0.1, -0.05) is 0 Å². The molecule has 0 unspecified atom stereocenters. The SMILES string of the molecule is O=C([O-])[O-].O=[Si]=O.[Mg+2]. The molecule has 0 saturated carbocycles. The third kappa shape index (κ3) is 6390. The van der Waals surface area contributed by atoms with Crippen LogP contribution in [0.1, 0.15) is 0 Å². The third-order valence-corrected chi connectivity index (χ3v) is 0. The molecule has 7 heteroatoms. The molecule has 8 heavy (non-hydrogen) atoms. The summed E-state index contributed by atoms with van der Waals surface area (Å²) in [6, 6.07) is 0. The van der Waals surface area contributed by atoms with E-state index in [2.05, 4.69) is 0 Å². The molecule has 0 N–H and O–H groups in total. The van der Waals surface area contributed by atoms with Crippen molar-refractivity contribution < 1.29 is 23.9 Å². The number of hydrogen-bond acceptors (Lipinski definition) is 5. The van der Waals surface area contributed by atoms with E-state index in [9.17, 15) is 0 Å². The van der Waals surface area contributed by atoms with Crippen LogP contribution in [0.3, 0.4) is 0 Å². The molecule has 0 aliphatic rings. The van der Waals surface area contributed by atoms with E-state index < -0.39 is 15.4 Å². The standard InChI is InChI=1S/CH2O3.Mg.O2Si/c2-1(3)4;;1-3-2/h(H2,2,3,4);;/q;+2;/p-2.